The predicted octanol–water partition coefficient (Wildman–Crippen LogP) is 10.1. The number of ether oxygens (including phenoxy) is 2. The van der Waals surface area contributed by atoms with Crippen LogP contribution >= 0.6 is 23.5 Å². The number of amides is 3. The van der Waals surface area contributed by atoms with Gasteiger partial charge in [0.2, 0.25) is 17.7 Å². The molecule has 19 heteroatoms. The number of thioether (sulfide) groups is 2. The number of hydrogen-bond acceptors (Lipinski definition) is 14. The Bertz CT molecular complexity index is 2320. The Hall–Kier alpha value is -5.11. The minimum absolute atomic E-state index is 0.00377. The number of nitrogens with one attached hydrogen (secondary N) is 4. The molecule has 2 saturated carbocycles. The van der Waals surface area contributed by atoms with E-state index in [4.69, 9.17) is 9.47 Å². The molecule has 84 heavy (non-hydrogen) atoms. The molecular weight excluding hydrogens is 1110 g/mol. The van der Waals surface area contributed by atoms with Crippen molar-refractivity contribution in [3.63, 3.8) is 0 Å². The maximum Gasteiger partial charge on any atom is 0.224 e. The molecule has 3 amide bonds. The van der Waals surface area contributed by atoms with Gasteiger partial charge in [0.15, 0.2) is 21.8 Å². The molecule has 6 rings (SSSR count). The molecule has 0 radical (unpaired) electrons. The fraction of sp³-hybridized carbons (Fsp3) is 0.646. The Labute approximate surface area is 505 Å². The fourth-order valence-electron chi connectivity index (χ4n) is 11.6. The van der Waals surface area contributed by atoms with E-state index in [-0.39, 0.29) is 121 Å². The van der Waals surface area contributed by atoms with E-state index >= 15 is 0 Å². The maximum atomic E-state index is 14.0. The van der Waals surface area contributed by atoms with E-state index in [1.54, 1.807) is 24.3 Å². The summed E-state index contributed by atoms with van der Waals surface area (Å²) < 4.78 is 39.2. The van der Waals surface area contributed by atoms with Crippen LogP contribution in [0.5, 0.6) is 0 Å². The normalized spacial score (nSPS) is 25.0. The van der Waals surface area contributed by atoms with E-state index in [0.717, 1.165) is 107 Å². The first-order valence-corrected chi connectivity index (χ1v) is 32.7. The molecule has 0 aromatic heterocycles. The van der Waals surface area contributed by atoms with Crippen molar-refractivity contribution >= 4 is 74.6 Å². The first-order chi connectivity index (χ1) is 40.4. The molecule has 0 bridgehead atoms. The average molecular weight is 1210 g/mol. The van der Waals surface area contributed by atoms with Crippen LogP contribution in [0.3, 0.4) is 0 Å². The number of benzene rings is 2. The third-order valence-corrected chi connectivity index (χ3v) is 18.5. The molecule has 6 atom stereocenters. The largest absolute Gasteiger partial charge is 0.377 e. The van der Waals surface area contributed by atoms with Crippen molar-refractivity contribution < 1.29 is 61.4 Å². The van der Waals surface area contributed by atoms with E-state index < -0.39 is 47.4 Å². The molecule has 2 aliphatic carbocycles. The second-order valence-electron chi connectivity index (χ2n) is 23.5. The van der Waals surface area contributed by atoms with Crippen LogP contribution in [0.1, 0.15) is 166 Å². The van der Waals surface area contributed by atoms with E-state index in [0.29, 0.717) is 67.7 Å². The molecule has 4 aliphatic rings. The van der Waals surface area contributed by atoms with Crippen LogP contribution in [0.4, 0.5) is 8.78 Å². The molecule has 2 heterocycles. The summed E-state index contributed by atoms with van der Waals surface area (Å²) in [5, 5.41) is 11.5. The van der Waals surface area contributed by atoms with Crippen molar-refractivity contribution in [2.75, 3.05) is 51.0 Å². The van der Waals surface area contributed by atoms with Gasteiger partial charge in [0.05, 0.1) is 50.3 Å². The maximum absolute atomic E-state index is 14.0. The van der Waals surface area contributed by atoms with Gasteiger partial charge in [-0.15, -0.1) is 0 Å². The monoisotopic (exact) mass is 1210 g/mol. The summed E-state index contributed by atoms with van der Waals surface area (Å²) in [4.78, 5) is 117. The quantitative estimate of drug-likeness (QED) is 0.155. The Balaban J connectivity index is 0.000000307. The number of Topliss-reactive ketones (excluding diaryl/α,β-unsaturated/α-hetero) is 4. The molecule has 15 nitrogen and oxygen atoms in total. The lowest BCUT2D eigenvalue weighted by atomic mass is 9.82. The van der Waals surface area contributed by atoms with Gasteiger partial charge in [-0.2, -0.15) is 0 Å². The number of carbonyl (C=O) groups excluding carboxylic acids is 9. The van der Waals surface area contributed by atoms with Crippen LogP contribution in [0, 0.1) is 47.1 Å². The molecule has 4 fully saturated rings. The van der Waals surface area contributed by atoms with E-state index in [1.807, 2.05) is 0 Å². The van der Waals surface area contributed by atoms with Crippen molar-refractivity contribution in [1.82, 2.24) is 21.3 Å². The first-order valence-electron chi connectivity index (χ1n) is 30.7. The molecule has 2 aromatic rings. The smallest absolute Gasteiger partial charge is 0.224 e. The lowest BCUT2D eigenvalue weighted by Gasteiger charge is -2.28. The van der Waals surface area contributed by atoms with Gasteiger partial charge in [0, 0.05) is 74.2 Å². The van der Waals surface area contributed by atoms with E-state index in [9.17, 15) is 51.9 Å². The van der Waals surface area contributed by atoms with Gasteiger partial charge in [0.1, 0.15) is 23.2 Å². The summed E-state index contributed by atoms with van der Waals surface area (Å²) >= 11 is 1.92. The van der Waals surface area contributed by atoms with Crippen LogP contribution in [-0.4, -0.2) is 114 Å². The zero-order chi connectivity index (χ0) is 60.6. The average Bonchev–Trinajstić information content (AvgIpc) is 3.53. The van der Waals surface area contributed by atoms with Gasteiger partial charge >= 0.3 is 0 Å². The van der Waals surface area contributed by atoms with E-state index in [1.165, 1.54) is 51.0 Å². The summed E-state index contributed by atoms with van der Waals surface area (Å²) in [7, 11) is 0. The summed E-state index contributed by atoms with van der Waals surface area (Å²) in [6, 6.07) is 10.9. The highest BCUT2D eigenvalue weighted by atomic mass is 32.2. The van der Waals surface area contributed by atoms with Crippen LogP contribution in [0.2, 0.25) is 0 Å². The standard InChI is InChI=1S/C33H47FN2O5S.C32H45FN2O6S/c1-23(37)17-27-22-42-33(41)26(18-25-13-10-14-28(34)19-25)21-30(38)29(20-24-11-6-5-7-12-24)36-31(39)15-8-3-2-4-9-16-35-32(27)40;1-22-20-41-14-13-40-12-11-34-31(38)27(15-23(2)36)21-42-32(39)26(16-25-9-6-10-28(33)17-25)19-30(37)29(35-22)18-24-7-4-3-5-8-24/h10,13-14,19,24,26-27,29H,2-9,11-12,15-18,20-22H2,1H3,(H,35,40)(H,36,39);6,9-10,17,24,26-27,29,35H,1,3-5,7-8,11-16,18-21H2,2H3,(H,34,38)/t2*26-,27+,29+/m11/s1. The molecule has 0 unspecified atom stereocenters. The van der Waals surface area contributed by atoms with Crippen molar-refractivity contribution in [2.24, 2.45) is 35.5 Å². The minimum Gasteiger partial charge on any atom is -0.377 e. The SMILES string of the molecule is C=C1COCCOCCNC(=O)[C@@H](CC(C)=O)CSC(=O)[C@H](Cc2cccc(F)c2)CC(=O)[C@H](CC2CCCCC2)N1.CC(=O)C[C@H]1CSC(=O)[C@H](Cc2cccc(F)c2)CC(=O)[C@H](CC2CCCCC2)NC(=O)CCCCCCCNC1=O. The number of halogens is 2. The summed E-state index contributed by atoms with van der Waals surface area (Å²) in [6.45, 7) is 8.81. The van der Waals surface area contributed by atoms with Gasteiger partial charge in [-0.3, -0.25) is 33.6 Å². The minimum atomic E-state index is -0.752. The third-order valence-electron chi connectivity index (χ3n) is 16.1. The Kier molecular flexibility index (Phi) is 32.2. The second kappa shape index (κ2) is 38.8. The van der Waals surface area contributed by atoms with Gasteiger partial charge in [-0.05, 0) is 99.6 Å². The van der Waals surface area contributed by atoms with E-state index in [2.05, 4.69) is 27.8 Å². The van der Waals surface area contributed by atoms with Crippen molar-refractivity contribution in [1.29, 1.82) is 0 Å². The first kappa shape index (κ1) is 69.7. The zero-order valence-electron chi connectivity index (χ0n) is 49.6. The van der Waals surface area contributed by atoms with Crippen LogP contribution < -0.4 is 21.3 Å². The highest BCUT2D eigenvalue weighted by molar-refractivity contribution is 8.13. The van der Waals surface area contributed by atoms with Crippen LogP contribution in [-0.2, 0) is 65.5 Å². The fourth-order valence-corrected chi connectivity index (χ4v) is 13.7. The molecule has 464 valence electrons. The van der Waals surface area contributed by atoms with Gasteiger partial charge in [-0.25, -0.2) is 8.78 Å². The van der Waals surface area contributed by atoms with Gasteiger partial charge < -0.3 is 40.3 Å². The van der Waals surface area contributed by atoms with Crippen LogP contribution in [0.25, 0.3) is 0 Å². The topological polar surface area (TPSA) is 220 Å². The molecule has 2 aliphatic heterocycles. The lowest BCUT2D eigenvalue weighted by Crippen LogP contribution is -2.43. The Morgan fingerprint density at radius 3 is 1.51 bits per heavy atom. The summed E-state index contributed by atoms with van der Waals surface area (Å²) in [6.07, 6.45) is 17.2. The second-order valence-corrected chi connectivity index (χ2v) is 25.6. The van der Waals surface area contributed by atoms with Crippen molar-refractivity contribution in [3.05, 3.63) is 83.6 Å². The van der Waals surface area contributed by atoms with Crippen LogP contribution in [0.15, 0.2) is 60.8 Å². The molecule has 2 saturated heterocycles. The Morgan fingerprint density at radius 2 is 1.01 bits per heavy atom. The number of rotatable bonds is 12. The predicted molar refractivity (Wildman–Crippen MR) is 325 cm³/mol. The van der Waals surface area contributed by atoms with Crippen molar-refractivity contribution in [3.8, 4) is 0 Å². The summed E-state index contributed by atoms with van der Waals surface area (Å²) in [5.74, 6) is -3.94. The summed E-state index contributed by atoms with van der Waals surface area (Å²) in [5.41, 5.74) is 1.81. The molecular formula is C65H92F2N4O11S2. The number of carbonyl (C=O) groups is 9. The molecule has 2 aromatic carbocycles. The molecule has 4 N–H and O–H groups in total. The van der Waals surface area contributed by atoms with Gasteiger partial charge in [0.25, 0.3) is 0 Å². The zero-order valence-corrected chi connectivity index (χ0v) is 51.3. The highest BCUT2D eigenvalue weighted by Gasteiger charge is 2.34. The lowest BCUT2D eigenvalue weighted by molar-refractivity contribution is -0.129. The molecule has 0 spiro atoms. The third kappa shape index (κ3) is 27.5. The highest BCUT2D eigenvalue weighted by Crippen LogP contribution is 2.32. The van der Waals surface area contributed by atoms with Gasteiger partial charge in [-0.1, -0.05) is 138 Å². The number of hydrogen-bond donors (Lipinski definition) is 4. The Morgan fingerprint density at radius 1 is 0.560 bits per heavy atom. The van der Waals surface area contributed by atoms with Crippen molar-refractivity contribution in [2.45, 2.75) is 180 Å². The number of ketones is 4.